The lowest BCUT2D eigenvalue weighted by molar-refractivity contribution is -0.154. The Labute approximate surface area is 243 Å². The topological polar surface area (TPSA) is 169 Å². The number of aromatic hydroxyl groups is 1. The number of rotatable bonds is 7. The van der Waals surface area contributed by atoms with Gasteiger partial charge in [-0.3, -0.25) is 28.8 Å². The average Bonchev–Trinajstić information content (AvgIpc) is 2.83. The van der Waals surface area contributed by atoms with Crippen molar-refractivity contribution in [3.05, 3.63) is 28.0 Å². The zero-order valence-corrected chi connectivity index (χ0v) is 25.2. The van der Waals surface area contributed by atoms with Crippen LogP contribution in [-0.2, 0) is 43.6 Å². The van der Waals surface area contributed by atoms with Crippen molar-refractivity contribution in [1.82, 2.24) is 0 Å². The van der Waals surface area contributed by atoms with E-state index in [4.69, 9.17) is 23.7 Å². The molecule has 3 rings (SSSR count). The summed E-state index contributed by atoms with van der Waals surface area (Å²) in [6.07, 6.45) is -0.259. The number of allylic oxidation sites excluding steroid dienone is 1. The quantitative estimate of drug-likeness (QED) is 0.277. The molecule has 0 saturated heterocycles. The smallest absolute Gasteiger partial charge is 0.308 e. The Morgan fingerprint density at radius 2 is 1.40 bits per heavy atom. The molecule has 12 nitrogen and oxygen atoms in total. The maximum absolute atomic E-state index is 14.3. The monoisotopic (exact) mass is 588 g/mol. The van der Waals surface area contributed by atoms with Gasteiger partial charge in [-0.15, -0.1) is 0 Å². The second-order valence-corrected chi connectivity index (χ2v) is 11.4. The Morgan fingerprint density at radius 3 is 1.90 bits per heavy atom. The van der Waals surface area contributed by atoms with Gasteiger partial charge in [0.2, 0.25) is 5.78 Å². The molecule has 1 aromatic rings. The third-order valence-corrected chi connectivity index (χ3v) is 7.61. The van der Waals surface area contributed by atoms with Crippen LogP contribution in [-0.4, -0.2) is 53.4 Å². The van der Waals surface area contributed by atoms with Gasteiger partial charge in [-0.2, -0.15) is 0 Å². The number of esters is 5. The number of phenolic OH excluding ortho intramolecular Hbond substituents is 1. The molecular formula is C30H36O12. The second-order valence-electron chi connectivity index (χ2n) is 11.4. The van der Waals surface area contributed by atoms with Crippen molar-refractivity contribution >= 4 is 35.6 Å². The summed E-state index contributed by atoms with van der Waals surface area (Å²) < 4.78 is 27.4. The molecular weight excluding hydrogens is 552 g/mol. The summed E-state index contributed by atoms with van der Waals surface area (Å²) in [6.45, 7) is 12.2. The molecule has 0 spiro atoms. The molecule has 2 aliphatic carbocycles. The van der Waals surface area contributed by atoms with E-state index in [1.807, 2.05) is 0 Å². The number of carbonyl (C=O) groups excluding carboxylic acids is 6. The van der Waals surface area contributed by atoms with Crippen molar-refractivity contribution in [3.8, 4) is 17.2 Å². The minimum absolute atomic E-state index is 0.0418. The van der Waals surface area contributed by atoms with E-state index < -0.39 is 64.2 Å². The van der Waals surface area contributed by atoms with Crippen LogP contribution >= 0.6 is 0 Å². The first-order chi connectivity index (χ1) is 19.3. The van der Waals surface area contributed by atoms with Crippen LogP contribution < -0.4 is 9.47 Å². The number of hydrogen-bond donors (Lipinski definition) is 1. The first kappa shape index (κ1) is 32.3. The predicted molar refractivity (Wildman–Crippen MR) is 145 cm³/mol. The maximum Gasteiger partial charge on any atom is 0.308 e. The van der Waals surface area contributed by atoms with Crippen molar-refractivity contribution in [3.63, 3.8) is 0 Å². The van der Waals surface area contributed by atoms with Gasteiger partial charge in [0.15, 0.2) is 17.3 Å². The zero-order valence-electron chi connectivity index (χ0n) is 25.2. The number of fused-ring (bicyclic) bond motifs is 3. The van der Waals surface area contributed by atoms with E-state index in [0.717, 1.165) is 20.8 Å². The largest absolute Gasteiger partial charge is 0.507 e. The van der Waals surface area contributed by atoms with E-state index in [0.29, 0.717) is 0 Å². The van der Waals surface area contributed by atoms with Crippen LogP contribution in [0.4, 0.5) is 0 Å². The van der Waals surface area contributed by atoms with Gasteiger partial charge in [0.25, 0.3) is 0 Å². The fourth-order valence-corrected chi connectivity index (χ4v) is 6.17. The summed E-state index contributed by atoms with van der Waals surface area (Å²) in [7, 11) is 0. The van der Waals surface area contributed by atoms with E-state index in [1.54, 1.807) is 27.7 Å². The van der Waals surface area contributed by atoms with E-state index in [1.165, 1.54) is 13.8 Å². The summed E-state index contributed by atoms with van der Waals surface area (Å²) in [5.41, 5.74) is -2.48. The second kappa shape index (κ2) is 11.6. The Hall–Kier alpha value is -4.22. The van der Waals surface area contributed by atoms with Crippen molar-refractivity contribution in [2.24, 2.45) is 5.41 Å². The van der Waals surface area contributed by atoms with Crippen molar-refractivity contribution < 1.29 is 57.6 Å². The molecule has 12 heteroatoms. The summed E-state index contributed by atoms with van der Waals surface area (Å²) in [5, 5.41) is 11.7. The fraction of sp³-hybridized carbons (Fsp3) is 0.533. The van der Waals surface area contributed by atoms with Gasteiger partial charge in [0.05, 0.1) is 12.2 Å². The van der Waals surface area contributed by atoms with E-state index in [9.17, 15) is 33.9 Å². The van der Waals surface area contributed by atoms with Crippen LogP contribution in [0.15, 0.2) is 11.3 Å². The van der Waals surface area contributed by atoms with Gasteiger partial charge in [-0.05, 0) is 18.4 Å². The molecule has 0 aliphatic heterocycles. The van der Waals surface area contributed by atoms with Crippen molar-refractivity contribution in [1.29, 1.82) is 0 Å². The van der Waals surface area contributed by atoms with Gasteiger partial charge >= 0.3 is 29.8 Å². The molecule has 0 radical (unpaired) electrons. The van der Waals surface area contributed by atoms with Gasteiger partial charge in [0, 0.05) is 62.5 Å². The first-order valence-electron chi connectivity index (χ1n) is 13.4. The molecule has 0 heterocycles. The summed E-state index contributed by atoms with van der Waals surface area (Å²) in [6, 6.07) is 0. The summed E-state index contributed by atoms with van der Waals surface area (Å²) in [4.78, 5) is 74.8. The summed E-state index contributed by atoms with van der Waals surface area (Å²) in [5.74, 6) is -6.93. The van der Waals surface area contributed by atoms with E-state index >= 15 is 0 Å². The lowest BCUT2D eigenvalue weighted by atomic mass is 9.53. The number of benzene rings is 1. The molecule has 0 unspecified atom stereocenters. The van der Waals surface area contributed by atoms with Crippen molar-refractivity contribution in [2.45, 2.75) is 92.6 Å². The Bertz CT molecular complexity index is 1420. The molecule has 1 fully saturated rings. The zero-order chi connectivity index (χ0) is 31.9. The van der Waals surface area contributed by atoms with Crippen LogP contribution in [0, 0.1) is 5.41 Å². The van der Waals surface area contributed by atoms with Gasteiger partial charge < -0.3 is 28.8 Å². The lowest BCUT2D eigenvalue weighted by Crippen LogP contribution is -2.51. The Kier molecular flexibility index (Phi) is 8.90. The average molecular weight is 589 g/mol. The molecule has 1 saturated carbocycles. The highest BCUT2D eigenvalue weighted by atomic mass is 16.6. The first-order valence-corrected chi connectivity index (χ1v) is 13.4. The maximum atomic E-state index is 14.3. The molecule has 42 heavy (non-hydrogen) atoms. The summed E-state index contributed by atoms with van der Waals surface area (Å²) >= 11 is 0. The predicted octanol–water partition coefficient (Wildman–Crippen LogP) is 3.93. The van der Waals surface area contributed by atoms with Crippen LogP contribution in [0.3, 0.4) is 0 Å². The highest BCUT2D eigenvalue weighted by Crippen LogP contribution is 2.63. The number of ether oxygens (including phenoxy) is 5. The van der Waals surface area contributed by atoms with Gasteiger partial charge in [-0.25, -0.2) is 0 Å². The number of ketones is 1. The Balaban J connectivity index is 2.53. The minimum atomic E-state index is -1.26. The highest BCUT2D eigenvalue weighted by molar-refractivity contribution is 6.15. The highest BCUT2D eigenvalue weighted by Gasteiger charge is 2.58. The molecule has 0 aromatic heterocycles. The third-order valence-electron chi connectivity index (χ3n) is 7.61. The third kappa shape index (κ3) is 5.75. The molecule has 2 aliphatic rings. The van der Waals surface area contributed by atoms with E-state index in [2.05, 4.69) is 0 Å². The van der Waals surface area contributed by atoms with Gasteiger partial charge in [0.1, 0.15) is 11.9 Å². The van der Waals surface area contributed by atoms with Gasteiger partial charge in [-0.1, -0.05) is 27.7 Å². The lowest BCUT2D eigenvalue weighted by Gasteiger charge is -2.52. The minimum Gasteiger partial charge on any atom is -0.507 e. The molecule has 1 aromatic carbocycles. The van der Waals surface area contributed by atoms with Crippen LogP contribution in [0.25, 0.3) is 0 Å². The SMILES string of the molecule is CC(=O)OC[C@@H](C)c1c(O)c2c(c(OC(C)=O)c1OC(C)=O)[C@]1(C)CC[C@@H](OC(C)=O)C(C)(C)C1=C(OC(C)=O)C2=O. The van der Waals surface area contributed by atoms with Crippen LogP contribution in [0.2, 0.25) is 0 Å². The molecule has 228 valence electrons. The molecule has 1 N–H and O–H groups in total. The number of Topliss-reactive ketones (excluding diaryl/α,β-unsaturated/α-hetero) is 1. The standard InChI is InChI=1S/C30H36O12/c1-13(12-38-14(2)31)20-23(36)21-22(26(41-17(5)34)25(20)40-16(4)33)30(9)11-10-19(39-15(3)32)29(7,8)28(30)27(24(21)37)42-18(6)35/h13,19,36H,10-12H2,1-9H3/t13-,19-,30+/m1/s1. The molecule has 0 amide bonds. The number of phenols is 1. The number of carbonyl (C=O) groups is 6. The molecule has 3 atom stereocenters. The van der Waals surface area contributed by atoms with Crippen molar-refractivity contribution in [2.75, 3.05) is 6.61 Å². The Morgan fingerprint density at radius 1 is 0.857 bits per heavy atom. The fourth-order valence-electron chi connectivity index (χ4n) is 6.17. The number of hydrogen-bond acceptors (Lipinski definition) is 12. The van der Waals surface area contributed by atoms with Crippen LogP contribution in [0.5, 0.6) is 17.2 Å². The normalized spacial score (nSPS) is 21.4. The van der Waals surface area contributed by atoms with E-state index in [-0.39, 0.29) is 59.0 Å². The van der Waals surface area contributed by atoms with Crippen LogP contribution in [0.1, 0.15) is 103 Å². The molecule has 0 bridgehead atoms.